The zero-order chi connectivity index (χ0) is 10.8. The van der Waals surface area contributed by atoms with Gasteiger partial charge in [-0.2, -0.15) is 0 Å². The highest BCUT2D eigenvalue weighted by atomic mass is 32.2. The summed E-state index contributed by atoms with van der Waals surface area (Å²) < 4.78 is 16.6. The first-order valence-electron chi connectivity index (χ1n) is 5.43. The molecule has 86 valence electrons. The van der Waals surface area contributed by atoms with Crippen molar-refractivity contribution in [3.8, 4) is 0 Å². The van der Waals surface area contributed by atoms with E-state index in [1.807, 2.05) is 0 Å². The maximum absolute atomic E-state index is 11.9. The molecule has 1 aliphatic heterocycles. The Morgan fingerprint density at radius 3 is 2.87 bits per heavy atom. The van der Waals surface area contributed by atoms with E-state index in [0.717, 1.165) is 19.3 Å². The van der Waals surface area contributed by atoms with Crippen LogP contribution < -0.4 is 5.32 Å². The van der Waals surface area contributed by atoms with E-state index in [0.29, 0.717) is 5.75 Å². The molecule has 0 aromatic heterocycles. The van der Waals surface area contributed by atoms with Gasteiger partial charge in [0.2, 0.25) is 0 Å². The lowest BCUT2D eigenvalue weighted by molar-refractivity contribution is -0.142. The zero-order valence-electron chi connectivity index (χ0n) is 8.90. The molecule has 0 amide bonds. The van der Waals surface area contributed by atoms with Crippen LogP contribution in [-0.4, -0.2) is 40.4 Å². The molecule has 5 heteroatoms. The quantitative estimate of drug-likeness (QED) is 0.655. The van der Waals surface area contributed by atoms with Crippen LogP contribution in [0.1, 0.15) is 25.7 Å². The van der Waals surface area contributed by atoms with E-state index in [1.165, 1.54) is 13.5 Å². The molecule has 2 aliphatic rings. The van der Waals surface area contributed by atoms with Crippen molar-refractivity contribution in [3.05, 3.63) is 0 Å². The average molecular weight is 231 g/mol. The Labute approximate surface area is 92.2 Å². The Hall–Kier alpha value is -0.420. The van der Waals surface area contributed by atoms with Crippen LogP contribution in [0, 0.1) is 0 Å². The van der Waals surface area contributed by atoms with Gasteiger partial charge in [0.15, 0.2) is 0 Å². The molecular formula is C10H17NO3S. The largest absolute Gasteiger partial charge is 0.468 e. The summed E-state index contributed by atoms with van der Waals surface area (Å²) in [6.45, 7) is 0. The minimum Gasteiger partial charge on any atom is -0.468 e. The normalized spacial score (nSPS) is 40.6. The van der Waals surface area contributed by atoms with E-state index in [9.17, 15) is 9.00 Å². The van der Waals surface area contributed by atoms with Gasteiger partial charge in [-0.05, 0) is 12.8 Å². The fraction of sp³-hybridized carbons (Fsp3) is 0.900. The molecule has 1 heterocycles. The molecule has 1 saturated carbocycles. The highest BCUT2D eigenvalue weighted by molar-refractivity contribution is 7.85. The molecule has 4 nitrogen and oxygen atoms in total. The molecule has 2 fully saturated rings. The third kappa shape index (κ3) is 2.23. The number of carbonyl (C=O) groups excluding carboxylic acids is 1. The van der Waals surface area contributed by atoms with Crippen LogP contribution >= 0.6 is 0 Å². The molecule has 0 bridgehead atoms. The van der Waals surface area contributed by atoms with Gasteiger partial charge in [-0.15, -0.1) is 0 Å². The predicted molar refractivity (Wildman–Crippen MR) is 58.0 cm³/mol. The number of esters is 1. The predicted octanol–water partition coefficient (Wildman–Crippen LogP) is 0.191. The molecule has 0 radical (unpaired) electrons. The summed E-state index contributed by atoms with van der Waals surface area (Å²) in [5.74, 6) is 0.126. The fourth-order valence-corrected chi connectivity index (χ4v) is 4.29. The van der Waals surface area contributed by atoms with Gasteiger partial charge in [-0.1, -0.05) is 12.8 Å². The van der Waals surface area contributed by atoms with Crippen molar-refractivity contribution >= 4 is 16.8 Å². The maximum atomic E-state index is 11.9. The Kier molecular flexibility index (Phi) is 3.41. The second-order valence-corrected chi connectivity index (χ2v) is 5.92. The summed E-state index contributed by atoms with van der Waals surface area (Å²) in [4.78, 5) is 11.4. The molecule has 4 unspecified atom stereocenters. The van der Waals surface area contributed by atoms with Gasteiger partial charge in [0.05, 0.1) is 12.4 Å². The number of hydrogen-bond acceptors (Lipinski definition) is 4. The van der Waals surface area contributed by atoms with Crippen molar-refractivity contribution in [2.75, 3.05) is 12.9 Å². The second-order valence-electron chi connectivity index (χ2n) is 4.22. The Morgan fingerprint density at radius 2 is 2.13 bits per heavy atom. The van der Waals surface area contributed by atoms with Crippen LogP contribution in [-0.2, 0) is 20.3 Å². The van der Waals surface area contributed by atoms with E-state index in [2.05, 4.69) is 10.1 Å². The van der Waals surface area contributed by atoms with E-state index < -0.39 is 10.8 Å². The molecule has 0 aromatic carbocycles. The lowest BCUT2D eigenvalue weighted by atomic mass is 9.94. The number of fused-ring (bicyclic) bond motifs is 1. The highest BCUT2D eigenvalue weighted by Crippen LogP contribution is 2.26. The van der Waals surface area contributed by atoms with Gasteiger partial charge in [-0.25, -0.2) is 0 Å². The molecule has 1 aliphatic carbocycles. The number of nitrogens with one attached hydrogen (secondary N) is 1. The molecule has 4 atom stereocenters. The molecule has 0 aromatic rings. The minimum absolute atomic E-state index is 0.248. The van der Waals surface area contributed by atoms with Gasteiger partial charge < -0.3 is 4.74 Å². The minimum atomic E-state index is -0.872. The SMILES string of the molecule is COC(=O)C1CS(=O)C2CCCCC2N1. The van der Waals surface area contributed by atoms with Gasteiger partial charge in [0, 0.05) is 22.6 Å². The van der Waals surface area contributed by atoms with Crippen molar-refractivity contribution in [3.63, 3.8) is 0 Å². The van der Waals surface area contributed by atoms with E-state index in [4.69, 9.17) is 0 Å². The number of rotatable bonds is 1. The summed E-state index contributed by atoms with van der Waals surface area (Å²) in [5.41, 5.74) is 0. The second kappa shape index (κ2) is 4.61. The first kappa shape index (κ1) is 11.1. The van der Waals surface area contributed by atoms with Crippen molar-refractivity contribution < 1.29 is 13.7 Å². The topological polar surface area (TPSA) is 55.4 Å². The molecule has 2 rings (SSSR count). The smallest absolute Gasteiger partial charge is 0.323 e. The third-order valence-corrected chi connectivity index (χ3v) is 5.17. The van der Waals surface area contributed by atoms with Gasteiger partial charge >= 0.3 is 5.97 Å². The van der Waals surface area contributed by atoms with Crippen LogP contribution in [0.4, 0.5) is 0 Å². The summed E-state index contributed by atoms with van der Waals surface area (Å²) >= 11 is 0. The summed E-state index contributed by atoms with van der Waals surface area (Å²) in [6.07, 6.45) is 4.39. The Balaban J connectivity index is 2.05. The van der Waals surface area contributed by atoms with E-state index in [-0.39, 0.29) is 23.3 Å². The van der Waals surface area contributed by atoms with Crippen molar-refractivity contribution in [2.24, 2.45) is 0 Å². The molecule has 15 heavy (non-hydrogen) atoms. The summed E-state index contributed by atoms with van der Waals surface area (Å²) in [7, 11) is 0.503. The van der Waals surface area contributed by atoms with Gasteiger partial charge in [0.25, 0.3) is 0 Å². The van der Waals surface area contributed by atoms with Crippen LogP contribution in [0.3, 0.4) is 0 Å². The standard InChI is InChI=1S/C10H17NO3S/c1-14-10(12)8-6-15(13)9-5-3-2-4-7(9)11-8/h7-9,11H,2-6H2,1H3. The number of ether oxygens (including phenoxy) is 1. The van der Waals surface area contributed by atoms with Crippen LogP contribution in [0.15, 0.2) is 0 Å². The molecule has 0 spiro atoms. The summed E-state index contributed by atoms with van der Waals surface area (Å²) in [6, 6.07) is -0.118. The van der Waals surface area contributed by atoms with E-state index in [1.54, 1.807) is 0 Å². The average Bonchev–Trinajstić information content (AvgIpc) is 2.28. The first-order chi connectivity index (χ1) is 7.22. The molecule has 1 N–H and O–H groups in total. The fourth-order valence-electron chi connectivity index (χ4n) is 2.47. The van der Waals surface area contributed by atoms with Crippen LogP contribution in [0.25, 0.3) is 0 Å². The number of hydrogen-bond donors (Lipinski definition) is 1. The molecular weight excluding hydrogens is 214 g/mol. The lowest BCUT2D eigenvalue weighted by Gasteiger charge is -2.38. The van der Waals surface area contributed by atoms with E-state index >= 15 is 0 Å². The van der Waals surface area contributed by atoms with Gasteiger partial charge in [-0.3, -0.25) is 14.3 Å². The van der Waals surface area contributed by atoms with Crippen molar-refractivity contribution in [1.82, 2.24) is 5.32 Å². The Bertz CT molecular complexity index is 282. The zero-order valence-corrected chi connectivity index (χ0v) is 9.72. The van der Waals surface area contributed by atoms with Crippen LogP contribution in [0.5, 0.6) is 0 Å². The highest BCUT2D eigenvalue weighted by Gasteiger charge is 2.39. The number of methoxy groups -OCH3 is 1. The first-order valence-corrected chi connectivity index (χ1v) is 6.81. The number of carbonyl (C=O) groups is 1. The van der Waals surface area contributed by atoms with Crippen molar-refractivity contribution in [1.29, 1.82) is 0 Å². The van der Waals surface area contributed by atoms with Crippen LogP contribution in [0.2, 0.25) is 0 Å². The third-order valence-electron chi connectivity index (χ3n) is 3.27. The Morgan fingerprint density at radius 1 is 1.40 bits per heavy atom. The summed E-state index contributed by atoms with van der Waals surface area (Å²) in [5, 5.41) is 3.52. The lowest BCUT2D eigenvalue weighted by Crippen LogP contribution is -2.59. The maximum Gasteiger partial charge on any atom is 0.323 e. The van der Waals surface area contributed by atoms with Gasteiger partial charge in [0.1, 0.15) is 6.04 Å². The molecule has 1 saturated heterocycles. The monoisotopic (exact) mass is 231 g/mol. The van der Waals surface area contributed by atoms with Crippen molar-refractivity contribution in [2.45, 2.75) is 43.0 Å².